The molecule has 0 fully saturated rings. The van der Waals surface area contributed by atoms with Crippen LogP contribution in [0.15, 0.2) is 35.4 Å². The van der Waals surface area contributed by atoms with Crippen molar-refractivity contribution in [1.29, 1.82) is 0 Å². The van der Waals surface area contributed by atoms with Crippen molar-refractivity contribution in [2.45, 2.75) is 23.6 Å². The number of amides is 1. The van der Waals surface area contributed by atoms with Crippen molar-refractivity contribution in [2.75, 3.05) is 4.22 Å². The van der Waals surface area contributed by atoms with Crippen molar-refractivity contribution in [2.24, 2.45) is 5.73 Å². The molecule has 2 rings (SSSR count). The van der Waals surface area contributed by atoms with Gasteiger partial charge in [-0.05, 0) is 17.5 Å². The molecule has 1 amide bonds. The normalized spacial score (nSPS) is 12.0. The Balaban J connectivity index is 2.51. The Bertz CT molecular complexity index is 747. The van der Waals surface area contributed by atoms with Gasteiger partial charge in [0.15, 0.2) is 0 Å². The molecule has 4 nitrogen and oxygen atoms in total. The van der Waals surface area contributed by atoms with Crippen LogP contribution in [0.1, 0.15) is 23.3 Å². The average molecular weight is 400 g/mol. The standard InChI is InChI=1S/C15H16BCl2N3OS2/c1-2-9-10(17)14(21(16)23)20-15(11(9)18)24-12(13(19)22)8-6-4-3-5-7-8/h3-7,12,23H,2,16H2,1H3,(H2,19,22). The molecule has 0 aliphatic carbocycles. The van der Waals surface area contributed by atoms with E-state index in [2.05, 4.69) is 17.8 Å². The topological polar surface area (TPSA) is 59.2 Å². The number of benzene rings is 1. The zero-order valence-electron chi connectivity index (χ0n) is 13.2. The second-order valence-corrected chi connectivity index (χ2v) is 7.48. The number of hydrogen-bond acceptors (Lipinski definition) is 5. The van der Waals surface area contributed by atoms with Crippen LogP contribution in [-0.4, -0.2) is 18.9 Å². The number of thiol groups is 1. The number of carbonyl (C=O) groups is 1. The molecule has 2 N–H and O–H groups in total. The minimum absolute atomic E-state index is 0.439. The fourth-order valence-electron chi connectivity index (χ4n) is 2.19. The molecule has 0 saturated heterocycles. The number of halogens is 2. The van der Waals surface area contributed by atoms with Crippen molar-refractivity contribution >= 4 is 67.5 Å². The summed E-state index contributed by atoms with van der Waals surface area (Å²) >= 11 is 18.3. The Morgan fingerprint density at radius 1 is 1.38 bits per heavy atom. The Labute approximate surface area is 162 Å². The molecule has 9 heteroatoms. The smallest absolute Gasteiger partial charge is 0.235 e. The van der Waals surface area contributed by atoms with Gasteiger partial charge < -0.3 is 9.95 Å². The Morgan fingerprint density at radius 2 is 2.00 bits per heavy atom. The van der Waals surface area contributed by atoms with Crippen LogP contribution in [0.25, 0.3) is 0 Å². The maximum atomic E-state index is 11.9. The van der Waals surface area contributed by atoms with Crippen LogP contribution in [0.3, 0.4) is 0 Å². The summed E-state index contributed by atoms with van der Waals surface area (Å²) in [4.78, 5) is 16.4. The molecule has 0 bridgehead atoms. The van der Waals surface area contributed by atoms with E-state index in [9.17, 15) is 4.79 Å². The highest BCUT2D eigenvalue weighted by Crippen LogP contribution is 2.43. The summed E-state index contributed by atoms with van der Waals surface area (Å²) in [6.07, 6.45) is 0.634. The third kappa shape index (κ3) is 4.14. The van der Waals surface area contributed by atoms with Crippen LogP contribution >= 0.6 is 47.8 Å². The van der Waals surface area contributed by atoms with Crippen LogP contribution in [0, 0.1) is 0 Å². The van der Waals surface area contributed by atoms with Crippen LogP contribution in [0.2, 0.25) is 10.0 Å². The Hall–Kier alpha value is -1.02. The van der Waals surface area contributed by atoms with Gasteiger partial charge in [-0.2, -0.15) is 0 Å². The number of anilines is 1. The maximum Gasteiger partial charge on any atom is 0.235 e. The van der Waals surface area contributed by atoms with Gasteiger partial charge in [-0.3, -0.25) is 4.79 Å². The molecular weight excluding hydrogens is 384 g/mol. The fourth-order valence-corrected chi connectivity index (χ4v) is 4.24. The van der Waals surface area contributed by atoms with E-state index in [1.807, 2.05) is 37.3 Å². The number of carbonyl (C=O) groups excluding carboxylic acids is 1. The van der Waals surface area contributed by atoms with Crippen molar-refractivity contribution < 1.29 is 4.79 Å². The van der Waals surface area contributed by atoms with Crippen molar-refractivity contribution in [1.82, 2.24) is 4.98 Å². The molecule has 2 aromatic rings. The second kappa shape index (κ2) is 8.38. The summed E-state index contributed by atoms with van der Waals surface area (Å²) in [5.74, 6) is 0.0258. The summed E-state index contributed by atoms with van der Waals surface area (Å²) in [7, 11) is 1.72. The number of rotatable bonds is 6. The molecule has 1 aromatic heterocycles. The first-order valence-corrected chi connectivity index (χ1v) is 9.21. The first kappa shape index (κ1) is 19.3. The lowest BCUT2D eigenvalue weighted by molar-refractivity contribution is -0.117. The Kier molecular flexibility index (Phi) is 6.74. The predicted octanol–water partition coefficient (Wildman–Crippen LogP) is 3.47. The van der Waals surface area contributed by atoms with Crippen LogP contribution in [0.4, 0.5) is 5.82 Å². The van der Waals surface area contributed by atoms with E-state index < -0.39 is 11.2 Å². The first-order valence-electron chi connectivity index (χ1n) is 7.18. The Morgan fingerprint density at radius 3 is 2.50 bits per heavy atom. The number of aromatic nitrogens is 1. The van der Waals surface area contributed by atoms with Gasteiger partial charge in [-0.25, -0.2) is 4.98 Å². The monoisotopic (exact) mass is 399 g/mol. The third-order valence-corrected chi connectivity index (χ3v) is 5.74. The van der Waals surface area contributed by atoms with Gasteiger partial charge in [-0.1, -0.05) is 85.0 Å². The van der Waals surface area contributed by atoms with E-state index in [1.165, 1.54) is 16.0 Å². The summed E-state index contributed by atoms with van der Waals surface area (Å²) in [5.41, 5.74) is 7.14. The quantitative estimate of drug-likeness (QED) is 0.443. The molecule has 0 spiro atoms. The molecule has 126 valence electrons. The summed E-state index contributed by atoms with van der Waals surface area (Å²) in [6, 6.07) is 9.28. The number of nitrogens with two attached hydrogens (primary N) is 1. The van der Waals surface area contributed by atoms with Crippen molar-refractivity contribution in [3.8, 4) is 0 Å². The van der Waals surface area contributed by atoms with E-state index in [1.54, 1.807) is 7.98 Å². The molecule has 0 radical (unpaired) electrons. The predicted molar refractivity (Wildman–Crippen MR) is 108 cm³/mol. The maximum absolute atomic E-state index is 11.9. The van der Waals surface area contributed by atoms with Gasteiger partial charge in [0.25, 0.3) is 0 Å². The van der Waals surface area contributed by atoms with E-state index >= 15 is 0 Å². The van der Waals surface area contributed by atoms with Gasteiger partial charge in [0.05, 0.1) is 10.0 Å². The summed E-state index contributed by atoms with van der Waals surface area (Å²) < 4.78 is 1.52. The highest BCUT2D eigenvalue weighted by atomic mass is 35.5. The van der Waals surface area contributed by atoms with Gasteiger partial charge in [0.2, 0.25) is 13.9 Å². The molecule has 1 atom stereocenters. The third-order valence-electron chi connectivity index (χ3n) is 3.37. The van der Waals surface area contributed by atoms with E-state index in [4.69, 9.17) is 28.9 Å². The minimum Gasteiger partial charge on any atom is -0.368 e. The zero-order chi connectivity index (χ0) is 17.9. The van der Waals surface area contributed by atoms with Crippen molar-refractivity contribution in [3.63, 3.8) is 0 Å². The summed E-state index contributed by atoms with van der Waals surface area (Å²) in [6.45, 7) is 1.95. The largest absolute Gasteiger partial charge is 0.368 e. The molecule has 1 unspecified atom stereocenters. The van der Waals surface area contributed by atoms with Crippen LogP contribution < -0.4 is 9.95 Å². The lowest BCUT2D eigenvalue weighted by Crippen LogP contribution is -2.19. The van der Waals surface area contributed by atoms with E-state index in [0.29, 0.717) is 27.3 Å². The average Bonchev–Trinajstić information content (AvgIpc) is 2.54. The van der Waals surface area contributed by atoms with Crippen molar-refractivity contribution in [3.05, 3.63) is 51.5 Å². The van der Waals surface area contributed by atoms with E-state index in [-0.39, 0.29) is 0 Å². The lowest BCUT2D eigenvalue weighted by Gasteiger charge is -2.20. The van der Waals surface area contributed by atoms with Crippen LogP contribution in [-0.2, 0) is 11.2 Å². The van der Waals surface area contributed by atoms with E-state index in [0.717, 1.165) is 11.1 Å². The minimum atomic E-state index is -0.597. The van der Waals surface area contributed by atoms with Gasteiger partial charge in [-0.15, -0.1) is 0 Å². The molecule has 24 heavy (non-hydrogen) atoms. The second-order valence-electron chi connectivity index (χ2n) is 5.04. The van der Waals surface area contributed by atoms with Gasteiger partial charge in [0, 0.05) is 0 Å². The zero-order valence-corrected chi connectivity index (χ0v) is 16.4. The molecule has 0 aliphatic rings. The number of thioether (sulfide) groups is 1. The molecular formula is C15H16BCl2N3OS2. The molecule has 1 heterocycles. The number of hydrogen-bond donors (Lipinski definition) is 2. The highest BCUT2D eigenvalue weighted by Gasteiger charge is 2.24. The molecule has 0 saturated carbocycles. The highest BCUT2D eigenvalue weighted by molar-refractivity contribution is 8.00. The van der Waals surface area contributed by atoms with Crippen LogP contribution in [0.5, 0.6) is 0 Å². The molecule has 0 aliphatic heterocycles. The lowest BCUT2D eigenvalue weighted by atomic mass is 10.1. The first-order chi connectivity index (χ1) is 11.4. The number of nitrogens with zero attached hydrogens (tertiary/aromatic N) is 2. The number of primary amides is 1. The summed E-state index contributed by atoms with van der Waals surface area (Å²) in [5, 5.41) is 0.801. The SMILES string of the molecule is BN(S)c1nc(SC(C(N)=O)c2ccccc2)c(Cl)c(CC)c1Cl. The van der Waals surface area contributed by atoms with Gasteiger partial charge >= 0.3 is 0 Å². The number of pyridine rings is 1. The fraction of sp³-hybridized carbons (Fsp3) is 0.200. The molecule has 1 aromatic carbocycles. The van der Waals surface area contributed by atoms with Gasteiger partial charge in [0.1, 0.15) is 16.1 Å².